The first kappa shape index (κ1) is 15.5. The molecule has 0 fully saturated rings. The van der Waals surface area contributed by atoms with Gasteiger partial charge in [-0.2, -0.15) is 0 Å². The summed E-state index contributed by atoms with van der Waals surface area (Å²) in [6.45, 7) is 9.10. The third kappa shape index (κ3) is 4.05. The van der Waals surface area contributed by atoms with Gasteiger partial charge in [0.15, 0.2) is 0 Å². The molecule has 0 saturated carbocycles. The zero-order valence-electron chi connectivity index (χ0n) is 13.5. The summed E-state index contributed by atoms with van der Waals surface area (Å²) in [4.78, 5) is 6.94. The normalized spacial score (nSPS) is 10.7. The molecule has 0 bridgehead atoms. The van der Waals surface area contributed by atoms with Crippen molar-refractivity contribution < 1.29 is 0 Å². The second-order valence-corrected chi connectivity index (χ2v) is 5.48. The number of aromatic nitrogens is 1. The van der Waals surface area contributed by atoms with Crippen molar-refractivity contribution in [3.63, 3.8) is 0 Å². The number of aryl methyl sites for hydroxylation is 2. The number of rotatable bonds is 6. The van der Waals surface area contributed by atoms with Gasteiger partial charge >= 0.3 is 0 Å². The Morgan fingerprint density at radius 3 is 2.48 bits per heavy atom. The van der Waals surface area contributed by atoms with Crippen molar-refractivity contribution in [2.24, 2.45) is 0 Å². The molecule has 1 N–H and O–H groups in total. The number of nitrogens with zero attached hydrogens (tertiary/aromatic N) is 2. The number of hydrogen-bond acceptors (Lipinski definition) is 3. The molecule has 0 saturated heterocycles. The summed E-state index contributed by atoms with van der Waals surface area (Å²) >= 11 is 0. The number of hydrogen-bond donors (Lipinski definition) is 1. The van der Waals surface area contributed by atoms with Gasteiger partial charge in [-0.1, -0.05) is 37.3 Å². The van der Waals surface area contributed by atoms with E-state index in [1.54, 1.807) is 0 Å². The van der Waals surface area contributed by atoms with Crippen LogP contribution in [0.1, 0.15) is 29.3 Å². The van der Waals surface area contributed by atoms with Crippen LogP contribution in [0.25, 0.3) is 0 Å². The highest BCUT2D eigenvalue weighted by molar-refractivity contribution is 5.42. The van der Waals surface area contributed by atoms with E-state index >= 15 is 0 Å². The quantitative estimate of drug-likeness (QED) is 0.880. The Bertz CT molecular complexity index is 593. The molecule has 112 valence electrons. The average Bonchev–Trinajstić information content (AvgIpc) is 2.48. The van der Waals surface area contributed by atoms with Crippen molar-refractivity contribution in [1.29, 1.82) is 0 Å². The first-order chi connectivity index (χ1) is 10.1. The lowest BCUT2D eigenvalue weighted by atomic mass is 10.1. The fraction of sp³-hybridized carbons (Fsp3) is 0.389. The fourth-order valence-electron chi connectivity index (χ4n) is 2.36. The van der Waals surface area contributed by atoms with Gasteiger partial charge < -0.3 is 10.2 Å². The lowest BCUT2D eigenvalue weighted by Crippen LogP contribution is -2.19. The molecule has 21 heavy (non-hydrogen) atoms. The van der Waals surface area contributed by atoms with Gasteiger partial charge in [0.25, 0.3) is 0 Å². The summed E-state index contributed by atoms with van der Waals surface area (Å²) in [7, 11) is 2.10. The smallest absolute Gasteiger partial charge is 0.128 e. The Morgan fingerprint density at radius 1 is 1.05 bits per heavy atom. The summed E-state index contributed by atoms with van der Waals surface area (Å²) in [6, 6.07) is 12.8. The zero-order chi connectivity index (χ0) is 15.2. The minimum absolute atomic E-state index is 0.881. The maximum absolute atomic E-state index is 4.74. The van der Waals surface area contributed by atoms with Crippen molar-refractivity contribution >= 4 is 5.82 Å². The van der Waals surface area contributed by atoms with Crippen LogP contribution in [-0.4, -0.2) is 18.6 Å². The van der Waals surface area contributed by atoms with Crippen molar-refractivity contribution in [2.45, 2.75) is 33.9 Å². The van der Waals surface area contributed by atoms with Crippen LogP contribution in [0.15, 0.2) is 36.4 Å². The molecule has 2 aromatic rings. The maximum Gasteiger partial charge on any atom is 0.128 e. The highest BCUT2D eigenvalue weighted by Gasteiger charge is 2.07. The molecule has 0 amide bonds. The summed E-state index contributed by atoms with van der Waals surface area (Å²) in [5.41, 5.74) is 5.04. The Balaban J connectivity index is 2.11. The maximum atomic E-state index is 4.74. The van der Waals surface area contributed by atoms with Crippen LogP contribution in [0.4, 0.5) is 5.82 Å². The molecule has 3 nitrogen and oxygen atoms in total. The highest BCUT2D eigenvalue weighted by Crippen LogP contribution is 2.17. The Hall–Kier alpha value is -1.87. The van der Waals surface area contributed by atoms with Gasteiger partial charge in [0, 0.05) is 25.8 Å². The Morgan fingerprint density at radius 2 is 1.81 bits per heavy atom. The highest BCUT2D eigenvalue weighted by atomic mass is 15.2. The van der Waals surface area contributed by atoms with Crippen molar-refractivity contribution in [3.05, 3.63) is 58.8 Å². The molecule has 0 aliphatic heterocycles. The van der Waals surface area contributed by atoms with E-state index in [2.05, 4.69) is 74.4 Å². The van der Waals surface area contributed by atoms with Crippen LogP contribution in [0.2, 0.25) is 0 Å². The summed E-state index contributed by atoms with van der Waals surface area (Å²) in [6.07, 6.45) is 0. The van der Waals surface area contributed by atoms with Crippen LogP contribution < -0.4 is 10.2 Å². The SMILES string of the molecule is CCNCc1ccc(N(C)Cc2ccccc2C)nc1C. The molecule has 2 rings (SSSR count). The molecule has 0 aliphatic rings. The fourth-order valence-corrected chi connectivity index (χ4v) is 2.36. The van der Waals surface area contributed by atoms with Crippen molar-refractivity contribution in [3.8, 4) is 0 Å². The van der Waals surface area contributed by atoms with Crippen LogP contribution in [0, 0.1) is 13.8 Å². The first-order valence-corrected chi connectivity index (χ1v) is 7.54. The monoisotopic (exact) mass is 283 g/mol. The van der Waals surface area contributed by atoms with E-state index in [0.717, 1.165) is 31.1 Å². The molecule has 0 aliphatic carbocycles. The average molecular weight is 283 g/mol. The first-order valence-electron chi connectivity index (χ1n) is 7.54. The molecule has 1 aromatic heterocycles. The van der Waals surface area contributed by atoms with Gasteiger partial charge in [0.2, 0.25) is 0 Å². The largest absolute Gasteiger partial charge is 0.355 e. The number of benzene rings is 1. The predicted molar refractivity (Wildman–Crippen MR) is 89.6 cm³/mol. The van der Waals surface area contributed by atoms with Gasteiger partial charge in [0.05, 0.1) is 0 Å². The number of nitrogens with one attached hydrogen (secondary N) is 1. The summed E-state index contributed by atoms with van der Waals surface area (Å²) in [5, 5.41) is 3.35. The zero-order valence-corrected chi connectivity index (χ0v) is 13.5. The minimum atomic E-state index is 0.881. The molecule has 0 unspecified atom stereocenters. The number of pyridine rings is 1. The molecular weight excluding hydrogens is 258 g/mol. The van der Waals surface area contributed by atoms with Crippen molar-refractivity contribution in [2.75, 3.05) is 18.5 Å². The van der Waals surface area contributed by atoms with E-state index in [1.165, 1.54) is 16.7 Å². The van der Waals surface area contributed by atoms with Gasteiger partial charge in [-0.25, -0.2) is 4.98 Å². The third-order valence-electron chi connectivity index (χ3n) is 3.81. The molecule has 0 spiro atoms. The van der Waals surface area contributed by atoms with E-state index < -0.39 is 0 Å². The van der Waals surface area contributed by atoms with Crippen LogP contribution in [0.5, 0.6) is 0 Å². The Labute approximate surface area is 128 Å². The molecule has 0 radical (unpaired) electrons. The van der Waals surface area contributed by atoms with E-state index in [9.17, 15) is 0 Å². The van der Waals surface area contributed by atoms with Crippen molar-refractivity contribution in [1.82, 2.24) is 10.3 Å². The van der Waals surface area contributed by atoms with Crippen LogP contribution >= 0.6 is 0 Å². The molecule has 1 aromatic carbocycles. The second kappa shape index (κ2) is 7.23. The lowest BCUT2D eigenvalue weighted by molar-refractivity contribution is 0.719. The van der Waals surface area contributed by atoms with Crippen LogP contribution in [-0.2, 0) is 13.1 Å². The van der Waals surface area contributed by atoms with Gasteiger partial charge in [-0.3, -0.25) is 0 Å². The molecule has 0 atom stereocenters. The standard InChI is InChI=1S/C18H25N3/c1-5-19-12-16-10-11-18(20-15(16)3)21(4)13-17-9-7-6-8-14(17)2/h6-11,19H,5,12-13H2,1-4H3. The van der Waals surface area contributed by atoms with Gasteiger partial charge in [-0.05, 0) is 43.1 Å². The summed E-state index contributed by atoms with van der Waals surface area (Å²) in [5.74, 6) is 1.02. The van der Waals surface area contributed by atoms with Gasteiger partial charge in [-0.15, -0.1) is 0 Å². The summed E-state index contributed by atoms with van der Waals surface area (Å²) < 4.78 is 0. The van der Waals surface area contributed by atoms with E-state index in [-0.39, 0.29) is 0 Å². The van der Waals surface area contributed by atoms with Crippen LogP contribution in [0.3, 0.4) is 0 Å². The third-order valence-corrected chi connectivity index (χ3v) is 3.81. The molecule has 3 heteroatoms. The minimum Gasteiger partial charge on any atom is -0.355 e. The second-order valence-electron chi connectivity index (χ2n) is 5.48. The molecule has 1 heterocycles. The topological polar surface area (TPSA) is 28.2 Å². The molecular formula is C18H25N3. The number of anilines is 1. The van der Waals surface area contributed by atoms with Gasteiger partial charge in [0.1, 0.15) is 5.82 Å². The van der Waals surface area contributed by atoms with E-state index in [0.29, 0.717) is 0 Å². The lowest BCUT2D eigenvalue weighted by Gasteiger charge is -2.20. The van der Waals surface area contributed by atoms with E-state index in [4.69, 9.17) is 4.98 Å². The predicted octanol–water partition coefficient (Wildman–Crippen LogP) is 3.44. The van der Waals surface area contributed by atoms with E-state index in [1.807, 2.05) is 0 Å². The Kier molecular flexibility index (Phi) is 5.34.